The minimum atomic E-state index is 0.610. The number of benzene rings is 1. The van der Waals surface area contributed by atoms with Crippen molar-refractivity contribution in [3.8, 4) is 0 Å². The molecule has 114 valence electrons. The zero-order valence-corrected chi connectivity index (χ0v) is 13.6. The standard InChI is InChI=1S/C19H28N2/c1-13(2)20(3)19-16-7-5-4-6-15(16)17-11-21(12-18(17)19)10-14-8-9-14/h4-7,13-14,17-19H,8-12H2,1-3H3/t17-,18-,19-/m0/s1. The first-order valence-corrected chi connectivity index (χ1v) is 8.68. The maximum Gasteiger partial charge on any atom is 0.0397 e. The molecule has 1 saturated heterocycles. The molecule has 2 heteroatoms. The molecular weight excluding hydrogens is 256 g/mol. The first kappa shape index (κ1) is 13.8. The van der Waals surface area contributed by atoms with Crippen LogP contribution in [0.25, 0.3) is 0 Å². The second-order valence-electron chi connectivity index (χ2n) is 7.77. The van der Waals surface area contributed by atoms with E-state index in [2.05, 4.69) is 55.0 Å². The highest BCUT2D eigenvalue weighted by Gasteiger charge is 2.48. The van der Waals surface area contributed by atoms with Crippen LogP contribution in [0, 0.1) is 11.8 Å². The Hall–Kier alpha value is -0.860. The van der Waals surface area contributed by atoms with Gasteiger partial charge < -0.3 is 4.90 Å². The van der Waals surface area contributed by atoms with Crippen LogP contribution in [0.15, 0.2) is 24.3 Å². The molecule has 2 fully saturated rings. The topological polar surface area (TPSA) is 6.48 Å². The Morgan fingerprint density at radius 1 is 1.14 bits per heavy atom. The van der Waals surface area contributed by atoms with Gasteiger partial charge in [-0.1, -0.05) is 24.3 Å². The molecule has 3 atom stereocenters. The third kappa shape index (κ3) is 2.33. The molecule has 1 saturated carbocycles. The van der Waals surface area contributed by atoms with E-state index in [1.165, 1.54) is 32.5 Å². The van der Waals surface area contributed by atoms with E-state index in [4.69, 9.17) is 0 Å². The molecule has 0 aromatic heterocycles. The first-order chi connectivity index (χ1) is 10.1. The fourth-order valence-electron chi connectivity index (χ4n) is 4.57. The summed E-state index contributed by atoms with van der Waals surface area (Å²) in [6.45, 7) is 8.60. The van der Waals surface area contributed by atoms with Crippen LogP contribution in [0.5, 0.6) is 0 Å². The van der Waals surface area contributed by atoms with Crippen molar-refractivity contribution in [3.63, 3.8) is 0 Å². The van der Waals surface area contributed by atoms with Gasteiger partial charge in [0.05, 0.1) is 0 Å². The van der Waals surface area contributed by atoms with Gasteiger partial charge in [-0.15, -0.1) is 0 Å². The summed E-state index contributed by atoms with van der Waals surface area (Å²) in [5, 5.41) is 0. The Kier molecular flexibility index (Phi) is 3.35. The van der Waals surface area contributed by atoms with Gasteiger partial charge in [0.2, 0.25) is 0 Å². The lowest BCUT2D eigenvalue weighted by Crippen LogP contribution is -2.35. The van der Waals surface area contributed by atoms with Crippen LogP contribution in [-0.4, -0.2) is 42.5 Å². The molecule has 0 spiro atoms. The van der Waals surface area contributed by atoms with Crippen LogP contribution < -0.4 is 0 Å². The van der Waals surface area contributed by atoms with Gasteiger partial charge in [-0.2, -0.15) is 0 Å². The molecule has 2 aliphatic carbocycles. The van der Waals surface area contributed by atoms with Gasteiger partial charge in [0.15, 0.2) is 0 Å². The molecule has 0 N–H and O–H groups in total. The minimum Gasteiger partial charge on any atom is -0.302 e. The van der Waals surface area contributed by atoms with Gasteiger partial charge in [0.1, 0.15) is 0 Å². The highest BCUT2D eigenvalue weighted by Crippen LogP contribution is 2.52. The van der Waals surface area contributed by atoms with Gasteiger partial charge >= 0.3 is 0 Å². The van der Waals surface area contributed by atoms with E-state index in [1.54, 1.807) is 11.1 Å². The van der Waals surface area contributed by atoms with E-state index >= 15 is 0 Å². The van der Waals surface area contributed by atoms with Crippen molar-refractivity contribution in [2.45, 2.75) is 44.7 Å². The minimum absolute atomic E-state index is 0.610. The third-order valence-corrected chi connectivity index (χ3v) is 6.03. The van der Waals surface area contributed by atoms with Crippen molar-refractivity contribution in [1.29, 1.82) is 0 Å². The molecule has 4 rings (SSSR count). The molecule has 1 heterocycles. The Balaban J connectivity index is 1.63. The van der Waals surface area contributed by atoms with E-state index < -0.39 is 0 Å². The SMILES string of the molecule is CC(C)N(C)[C@H]1c2ccccc2[C@@H]2CN(CC3CC3)C[C@@H]21. The fourth-order valence-corrected chi connectivity index (χ4v) is 4.57. The molecule has 2 nitrogen and oxygen atoms in total. The van der Waals surface area contributed by atoms with Gasteiger partial charge in [0.25, 0.3) is 0 Å². The van der Waals surface area contributed by atoms with Crippen molar-refractivity contribution in [2.75, 3.05) is 26.7 Å². The van der Waals surface area contributed by atoms with Crippen LogP contribution in [0.2, 0.25) is 0 Å². The van der Waals surface area contributed by atoms with E-state index in [0.29, 0.717) is 12.1 Å². The van der Waals surface area contributed by atoms with Crippen LogP contribution >= 0.6 is 0 Å². The second kappa shape index (κ2) is 5.10. The summed E-state index contributed by atoms with van der Waals surface area (Å²) in [6.07, 6.45) is 2.94. The normalized spacial score (nSPS) is 32.0. The first-order valence-electron chi connectivity index (χ1n) is 8.68. The smallest absolute Gasteiger partial charge is 0.0397 e. The summed E-state index contributed by atoms with van der Waals surface area (Å²) in [5.74, 6) is 2.58. The largest absolute Gasteiger partial charge is 0.302 e. The Labute approximate surface area is 129 Å². The Bertz CT molecular complexity index is 520. The molecule has 1 aliphatic heterocycles. The number of nitrogens with zero attached hydrogens (tertiary/aromatic N) is 2. The number of hydrogen-bond donors (Lipinski definition) is 0. The molecule has 0 unspecified atom stereocenters. The summed E-state index contributed by atoms with van der Waals surface area (Å²) in [5.41, 5.74) is 3.24. The molecule has 1 aromatic rings. The van der Waals surface area contributed by atoms with Crippen LogP contribution in [0.3, 0.4) is 0 Å². The lowest BCUT2D eigenvalue weighted by Gasteiger charge is -2.33. The Morgan fingerprint density at radius 2 is 1.86 bits per heavy atom. The summed E-state index contributed by atoms with van der Waals surface area (Å²) in [4.78, 5) is 5.36. The summed E-state index contributed by atoms with van der Waals surface area (Å²) >= 11 is 0. The van der Waals surface area contributed by atoms with Crippen LogP contribution in [-0.2, 0) is 0 Å². The molecule has 0 bridgehead atoms. The second-order valence-corrected chi connectivity index (χ2v) is 7.77. The maximum atomic E-state index is 2.75. The van der Waals surface area contributed by atoms with Crippen molar-refractivity contribution < 1.29 is 0 Å². The van der Waals surface area contributed by atoms with Crippen molar-refractivity contribution in [1.82, 2.24) is 9.80 Å². The molecule has 3 aliphatic rings. The van der Waals surface area contributed by atoms with E-state index in [-0.39, 0.29) is 0 Å². The van der Waals surface area contributed by atoms with Crippen molar-refractivity contribution in [2.24, 2.45) is 11.8 Å². The fraction of sp³-hybridized carbons (Fsp3) is 0.684. The van der Waals surface area contributed by atoms with Gasteiger partial charge in [-0.05, 0) is 56.7 Å². The molecule has 21 heavy (non-hydrogen) atoms. The molecule has 0 amide bonds. The van der Waals surface area contributed by atoms with Crippen molar-refractivity contribution >= 4 is 0 Å². The number of fused-ring (bicyclic) bond motifs is 3. The summed E-state index contributed by atoms with van der Waals surface area (Å²) in [7, 11) is 2.32. The highest BCUT2D eigenvalue weighted by atomic mass is 15.2. The lowest BCUT2D eigenvalue weighted by atomic mass is 9.93. The Morgan fingerprint density at radius 3 is 2.52 bits per heavy atom. The van der Waals surface area contributed by atoms with Gasteiger partial charge in [-0.3, -0.25) is 4.90 Å². The average Bonchev–Trinajstić information content (AvgIpc) is 3.10. The van der Waals surface area contributed by atoms with Crippen molar-refractivity contribution in [3.05, 3.63) is 35.4 Å². The molecule has 1 aromatic carbocycles. The number of hydrogen-bond acceptors (Lipinski definition) is 2. The summed E-state index contributed by atoms with van der Waals surface area (Å²) < 4.78 is 0. The van der Waals surface area contributed by atoms with Gasteiger partial charge in [0, 0.05) is 37.6 Å². The third-order valence-electron chi connectivity index (χ3n) is 6.03. The zero-order chi connectivity index (χ0) is 14.6. The predicted octanol–water partition coefficient (Wildman–Crippen LogP) is 3.51. The average molecular weight is 284 g/mol. The number of likely N-dealkylation sites (tertiary alicyclic amines) is 1. The van der Waals surface area contributed by atoms with Crippen LogP contribution in [0.4, 0.5) is 0 Å². The lowest BCUT2D eigenvalue weighted by molar-refractivity contribution is 0.145. The molecule has 0 radical (unpaired) electrons. The van der Waals surface area contributed by atoms with E-state index in [9.17, 15) is 0 Å². The molecular formula is C19H28N2. The van der Waals surface area contributed by atoms with Crippen LogP contribution in [0.1, 0.15) is 49.8 Å². The number of rotatable bonds is 4. The van der Waals surface area contributed by atoms with E-state index in [1.807, 2.05) is 0 Å². The maximum absolute atomic E-state index is 2.75. The monoisotopic (exact) mass is 284 g/mol. The van der Waals surface area contributed by atoms with Gasteiger partial charge in [-0.25, -0.2) is 0 Å². The highest BCUT2D eigenvalue weighted by molar-refractivity contribution is 5.41. The van der Waals surface area contributed by atoms with E-state index in [0.717, 1.165) is 17.8 Å². The quantitative estimate of drug-likeness (QED) is 0.835. The summed E-state index contributed by atoms with van der Waals surface area (Å²) in [6, 6.07) is 10.5. The predicted molar refractivity (Wildman–Crippen MR) is 87.5 cm³/mol. The zero-order valence-electron chi connectivity index (χ0n) is 13.6.